The van der Waals surface area contributed by atoms with E-state index in [4.69, 9.17) is 0 Å². The van der Waals surface area contributed by atoms with Crippen molar-refractivity contribution in [2.45, 2.75) is 32.3 Å². The van der Waals surface area contributed by atoms with Crippen molar-refractivity contribution in [3.8, 4) is 0 Å². The third-order valence-electron chi connectivity index (χ3n) is 5.77. The maximum atomic E-state index is 10.2. The second kappa shape index (κ2) is 5.98. The molecule has 4 rings (SSSR count). The Balaban J connectivity index is 1.89. The summed E-state index contributed by atoms with van der Waals surface area (Å²) in [6.45, 7) is 1.97. The SMILES string of the molecule is CC(O)C1CC2CCC1C2=C(c1ccccc1)c1ccccc1. The molecule has 2 aromatic rings. The molecule has 23 heavy (non-hydrogen) atoms. The second-order valence-electron chi connectivity index (χ2n) is 7.08. The van der Waals surface area contributed by atoms with Crippen molar-refractivity contribution in [3.05, 3.63) is 77.4 Å². The van der Waals surface area contributed by atoms with Crippen LogP contribution in [0.4, 0.5) is 0 Å². The maximum absolute atomic E-state index is 10.2. The van der Waals surface area contributed by atoms with Crippen molar-refractivity contribution in [2.24, 2.45) is 17.8 Å². The van der Waals surface area contributed by atoms with Gasteiger partial charge in [-0.25, -0.2) is 0 Å². The number of benzene rings is 2. The van der Waals surface area contributed by atoms with Crippen molar-refractivity contribution >= 4 is 5.57 Å². The molecule has 2 aliphatic rings. The average molecular weight is 304 g/mol. The van der Waals surface area contributed by atoms with Crippen molar-refractivity contribution < 1.29 is 5.11 Å². The van der Waals surface area contributed by atoms with Crippen molar-refractivity contribution in [1.82, 2.24) is 0 Å². The lowest BCUT2D eigenvalue weighted by molar-refractivity contribution is 0.0927. The fraction of sp³-hybridized carbons (Fsp3) is 0.364. The Morgan fingerprint density at radius 2 is 1.48 bits per heavy atom. The van der Waals surface area contributed by atoms with Crippen LogP contribution in [0.1, 0.15) is 37.3 Å². The van der Waals surface area contributed by atoms with Gasteiger partial charge in [0.1, 0.15) is 0 Å². The van der Waals surface area contributed by atoms with E-state index >= 15 is 0 Å². The average Bonchev–Trinajstić information content (AvgIpc) is 3.15. The smallest absolute Gasteiger partial charge is 0.0546 e. The van der Waals surface area contributed by atoms with E-state index in [0.29, 0.717) is 17.8 Å². The molecule has 4 atom stereocenters. The summed E-state index contributed by atoms with van der Waals surface area (Å²) in [5.74, 6) is 1.64. The molecule has 0 amide bonds. The molecule has 2 aromatic carbocycles. The van der Waals surface area contributed by atoms with Gasteiger partial charge in [0.2, 0.25) is 0 Å². The first-order chi connectivity index (χ1) is 11.3. The molecule has 0 heterocycles. The molecule has 0 radical (unpaired) electrons. The van der Waals surface area contributed by atoms with Gasteiger partial charge in [-0.15, -0.1) is 0 Å². The standard InChI is InChI=1S/C22H24O/c1-15(23)20-14-18-12-13-19(20)22(18)21(16-8-4-2-5-9-16)17-10-6-3-7-11-17/h2-11,15,18-20,23H,12-14H2,1H3. The highest BCUT2D eigenvalue weighted by molar-refractivity contribution is 5.83. The predicted molar refractivity (Wildman–Crippen MR) is 94.9 cm³/mol. The Hall–Kier alpha value is -1.86. The van der Waals surface area contributed by atoms with E-state index in [9.17, 15) is 5.11 Å². The molecule has 1 N–H and O–H groups in total. The highest BCUT2D eigenvalue weighted by Gasteiger charge is 2.46. The third kappa shape index (κ3) is 2.53. The number of allylic oxidation sites excluding steroid dienone is 1. The molecule has 2 bridgehead atoms. The van der Waals surface area contributed by atoms with E-state index in [-0.39, 0.29) is 6.10 Å². The van der Waals surface area contributed by atoms with Crippen LogP contribution in [0.3, 0.4) is 0 Å². The van der Waals surface area contributed by atoms with Crippen LogP contribution in [-0.4, -0.2) is 11.2 Å². The number of fused-ring (bicyclic) bond motifs is 2. The quantitative estimate of drug-likeness (QED) is 0.853. The summed E-state index contributed by atoms with van der Waals surface area (Å²) >= 11 is 0. The summed E-state index contributed by atoms with van der Waals surface area (Å²) in [5, 5.41) is 10.2. The molecule has 0 spiro atoms. The van der Waals surface area contributed by atoms with Gasteiger partial charge < -0.3 is 5.11 Å². The van der Waals surface area contributed by atoms with Crippen LogP contribution in [0, 0.1) is 17.8 Å². The Morgan fingerprint density at radius 1 is 0.913 bits per heavy atom. The molecule has 0 saturated heterocycles. The van der Waals surface area contributed by atoms with Crippen LogP contribution in [0.15, 0.2) is 66.2 Å². The van der Waals surface area contributed by atoms with E-state index in [1.165, 1.54) is 29.5 Å². The number of aliphatic hydroxyl groups excluding tert-OH is 1. The highest BCUT2D eigenvalue weighted by Crippen LogP contribution is 2.56. The Labute approximate surface area is 138 Å². The molecular weight excluding hydrogens is 280 g/mol. The Kier molecular flexibility index (Phi) is 3.82. The Bertz CT molecular complexity index is 658. The van der Waals surface area contributed by atoms with Crippen LogP contribution in [0.5, 0.6) is 0 Å². The van der Waals surface area contributed by atoms with E-state index < -0.39 is 0 Å². The zero-order valence-electron chi connectivity index (χ0n) is 13.7. The third-order valence-corrected chi connectivity index (χ3v) is 5.77. The lowest BCUT2D eigenvalue weighted by Gasteiger charge is -2.24. The normalized spacial score (nSPS) is 27.2. The topological polar surface area (TPSA) is 20.2 Å². The predicted octanol–water partition coefficient (Wildman–Crippen LogP) is 4.92. The number of rotatable bonds is 3. The van der Waals surface area contributed by atoms with Gasteiger partial charge in [-0.05, 0) is 60.6 Å². The molecule has 0 aliphatic heterocycles. The number of hydrogen-bond donors (Lipinski definition) is 1. The molecular formula is C22H24O. The van der Waals surface area contributed by atoms with E-state index in [1.807, 2.05) is 6.92 Å². The zero-order valence-corrected chi connectivity index (χ0v) is 13.7. The summed E-state index contributed by atoms with van der Waals surface area (Å²) in [4.78, 5) is 0. The maximum Gasteiger partial charge on any atom is 0.0546 e. The summed E-state index contributed by atoms with van der Waals surface area (Å²) in [7, 11) is 0. The second-order valence-corrected chi connectivity index (χ2v) is 7.08. The minimum absolute atomic E-state index is 0.201. The molecule has 2 aliphatic carbocycles. The molecule has 0 aromatic heterocycles. The molecule has 1 heteroatoms. The zero-order chi connectivity index (χ0) is 15.8. The summed E-state index contributed by atoms with van der Waals surface area (Å²) in [5.41, 5.74) is 5.66. The van der Waals surface area contributed by atoms with Crippen molar-refractivity contribution in [2.75, 3.05) is 0 Å². The van der Waals surface area contributed by atoms with E-state index in [0.717, 1.165) is 6.42 Å². The lowest BCUT2D eigenvalue weighted by Crippen LogP contribution is -2.22. The summed E-state index contributed by atoms with van der Waals surface area (Å²) < 4.78 is 0. The van der Waals surface area contributed by atoms with Gasteiger partial charge in [-0.2, -0.15) is 0 Å². The molecule has 2 saturated carbocycles. The largest absolute Gasteiger partial charge is 0.393 e. The monoisotopic (exact) mass is 304 g/mol. The van der Waals surface area contributed by atoms with Crippen molar-refractivity contribution in [1.29, 1.82) is 0 Å². The Morgan fingerprint density at radius 3 is 1.96 bits per heavy atom. The summed E-state index contributed by atoms with van der Waals surface area (Å²) in [6.07, 6.45) is 3.47. The lowest BCUT2D eigenvalue weighted by atomic mass is 9.84. The minimum Gasteiger partial charge on any atom is -0.393 e. The van der Waals surface area contributed by atoms with Crippen LogP contribution < -0.4 is 0 Å². The molecule has 118 valence electrons. The van der Waals surface area contributed by atoms with Gasteiger partial charge in [0, 0.05) is 0 Å². The van der Waals surface area contributed by atoms with Gasteiger partial charge in [0.05, 0.1) is 6.10 Å². The minimum atomic E-state index is -0.201. The van der Waals surface area contributed by atoms with Gasteiger partial charge >= 0.3 is 0 Å². The van der Waals surface area contributed by atoms with Crippen LogP contribution >= 0.6 is 0 Å². The first-order valence-corrected chi connectivity index (χ1v) is 8.78. The van der Waals surface area contributed by atoms with Gasteiger partial charge in [-0.1, -0.05) is 66.2 Å². The molecule has 1 nitrogen and oxygen atoms in total. The van der Waals surface area contributed by atoms with Crippen LogP contribution in [0.25, 0.3) is 5.57 Å². The van der Waals surface area contributed by atoms with E-state index in [2.05, 4.69) is 60.7 Å². The fourth-order valence-electron chi connectivity index (χ4n) is 4.81. The van der Waals surface area contributed by atoms with Gasteiger partial charge in [-0.3, -0.25) is 0 Å². The summed E-state index contributed by atoms with van der Waals surface area (Å²) in [6, 6.07) is 21.6. The van der Waals surface area contributed by atoms with Gasteiger partial charge in [0.25, 0.3) is 0 Å². The molecule has 4 unspecified atom stereocenters. The van der Waals surface area contributed by atoms with Crippen LogP contribution in [-0.2, 0) is 0 Å². The first-order valence-electron chi connectivity index (χ1n) is 8.78. The molecule has 2 fully saturated rings. The number of aliphatic hydroxyl groups is 1. The highest BCUT2D eigenvalue weighted by atomic mass is 16.3. The first kappa shape index (κ1) is 14.7. The van der Waals surface area contributed by atoms with Crippen LogP contribution in [0.2, 0.25) is 0 Å². The van der Waals surface area contributed by atoms with Crippen molar-refractivity contribution in [3.63, 3.8) is 0 Å². The fourth-order valence-corrected chi connectivity index (χ4v) is 4.81. The van der Waals surface area contributed by atoms with Gasteiger partial charge in [0.15, 0.2) is 0 Å². The van der Waals surface area contributed by atoms with E-state index in [1.54, 1.807) is 5.57 Å². The number of hydrogen-bond acceptors (Lipinski definition) is 1.